The summed E-state index contributed by atoms with van der Waals surface area (Å²) in [5, 5.41) is 6.74. The van der Waals surface area contributed by atoms with Crippen molar-refractivity contribution in [3.8, 4) is 17.1 Å². The molecule has 1 amide bonds. The molecule has 3 aromatic rings. The molecule has 4 N–H and O–H groups in total. The highest BCUT2D eigenvalue weighted by Crippen LogP contribution is 2.28. The number of anilines is 1. The lowest BCUT2D eigenvalue weighted by molar-refractivity contribution is -0.127. The lowest BCUT2D eigenvalue weighted by Gasteiger charge is -2.19. The van der Waals surface area contributed by atoms with Crippen LogP contribution in [-0.2, 0) is 11.3 Å². The van der Waals surface area contributed by atoms with Crippen molar-refractivity contribution in [2.45, 2.75) is 25.6 Å². The molecule has 2 atom stereocenters. The minimum absolute atomic E-state index is 0.126. The molecular weight excluding hydrogens is 444 g/mol. The quantitative estimate of drug-likeness (QED) is 0.334. The zero-order valence-electron chi connectivity index (χ0n) is 17.8. The third kappa shape index (κ3) is 6.88. The molecule has 0 spiro atoms. The first-order valence-corrected chi connectivity index (χ1v) is 11.3. The average molecular weight is 471 g/mol. The number of nitrogens with one attached hydrogen (secondary N) is 2. The Hall–Kier alpha value is -2.74. The van der Waals surface area contributed by atoms with Gasteiger partial charge in [-0.25, -0.2) is 4.98 Å². The molecule has 2 unspecified atom stereocenters. The number of hydrogen-bond acceptors (Lipinski definition) is 6. The van der Waals surface area contributed by atoms with Crippen molar-refractivity contribution in [3.05, 3.63) is 77.3 Å². The van der Waals surface area contributed by atoms with Crippen LogP contribution in [0.3, 0.4) is 0 Å². The van der Waals surface area contributed by atoms with Crippen molar-refractivity contribution in [1.29, 1.82) is 0 Å². The fourth-order valence-corrected chi connectivity index (χ4v) is 3.28. The van der Waals surface area contributed by atoms with E-state index in [0.717, 1.165) is 16.8 Å². The van der Waals surface area contributed by atoms with Gasteiger partial charge in [0, 0.05) is 35.5 Å². The number of rotatable bonds is 10. The van der Waals surface area contributed by atoms with Crippen LogP contribution >= 0.6 is 24.2 Å². The molecule has 1 heterocycles. The molecule has 2 aromatic carbocycles. The molecule has 32 heavy (non-hydrogen) atoms. The van der Waals surface area contributed by atoms with Gasteiger partial charge in [-0.1, -0.05) is 54.1 Å². The van der Waals surface area contributed by atoms with Gasteiger partial charge in [-0.05, 0) is 36.8 Å². The molecule has 168 valence electrons. The maximum atomic E-state index is 12.6. The first kappa shape index (κ1) is 23.9. The topological polar surface area (TPSA) is 89.3 Å². The van der Waals surface area contributed by atoms with Gasteiger partial charge in [0.25, 0.3) is 5.91 Å². The summed E-state index contributed by atoms with van der Waals surface area (Å²) in [6, 6.07) is 20.8. The van der Waals surface area contributed by atoms with E-state index < -0.39 is 6.10 Å². The van der Waals surface area contributed by atoms with Crippen LogP contribution in [0.15, 0.2) is 66.7 Å². The smallest absolute Gasteiger partial charge is 0.261 e. The van der Waals surface area contributed by atoms with Gasteiger partial charge in [-0.2, -0.15) is 12.6 Å². The highest BCUT2D eigenvalue weighted by atomic mass is 35.5. The molecule has 6 nitrogen and oxygen atoms in total. The number of pyridine rings is 1. The van der Waals surface area contributed by atoms with Gasteiger partial charge in [-0.3, -0.25) is 4.79 Å². The number of hydrogen-bond donors (Lipinski definition) is 4. The standard InChI is InChI=1S/C24H27ClN4O2S/c1-16(23(30)28-13-17-6-5-9-19(25)12-17)31-24-22(27-14-20(26)15-32)11-10-21(29-24)18-7-3-2-4-8-18/h2-12,16,20,27,32H,13-15,26H2,1H3,(H,28,30). The highest BCUT2D eigenvalue weighted by molar-refractivity contribution is 7.80. The van der Waals surface area contributed by atoms with E-state index in [9.17, 15) is 4.79 Å². The van der Waals surface area contributed by atoms with Crippen LogP contribution in [0.1, 0.15) is 12.5 Å². The van der Waals surface area contributed by atoms with Gasteiger partial charge >= 0.3 is 0 Å². The predicted molar refractivity (Wildman–Crippen MR) is 133 cm³/mol. The number of thiol groups is 1. The molecule has 0 saturated carbocycles. The van der Waals surface area contributed by atoms with Gasteiger partial charge < -0.3 is 21.1 Å². The van der Waals surface area contributed by atoms with E-state index in [1.54, 1.807) is 13.0 Å². The summed E-state index contributed by atoms with van der Waals surface area (Å²) in [5.74, 6) is 0.624. The second-order valence-electron chi connectivity index (χ2n) is 7.35. The predicted octanol–water partition coefficient (Wildman–Crippen LogP) is 4.15. The summed E-state index contributed by atoms with van der Waals surface area (Å²) in [6.45, 7) is 2.54. The zero-order chi connectivity index (χ0) is 22.9. The first-order chi connectivity index (χ1) is 15.5. The van der Waals surface area contributed by atoms with E-state index in [4.69, 9.17) is 22.1 Å². The second-order valence-corrected chi connectivity index (χ2v) is 8.15. The zero-order valence-corrected chi connectivity index (χ0v) is 19.4. The normalized spacial score (nSPS) is 12.6. The largest absolute Gasteiger partial charge is 0.463 e. The van der Waals surface area contributed by atoms with Gasteiger partial charge in [0.15, 0.2) is 6.10 Å². The van der Waals surface area contributed by atoms with E-state index in [1.807, 2.05) is 60.7 Å². The molecule has 0 radical (unpaired) electrons. The molecule has 8 heteroatoms. The minimum atomic E-state index is -0.758. The monoisotopic (exact) mass is 470 g/mol. The number of carbonyl (C=O) groups is 1. The van der Waals surface area contributed by atoms with E-state index in [2.05, 4.69) is 28.2 Å². The van der Waals surface area contributed by atoms with E-state index in [0.29, 0.717) is 35.4 Å². The van der Waals surface area contributed by atoms with Crippen molar-refractivity contribution in [2.75, 3.05) is 17.6 Å². The number of nitrogens with two attached hydrogens (primary N) is 1. The van der Waals surface area contributed by atoms with Crippen molar-refractivity contribution in [3.63, 3.8) is 0 Å². The molecule has 1 aromatic heterocycles. The lowest BCUT2D eigenvalue weighted by atomic mass is 10.1. The first-order valence-electron chi connectivity index (χ1n) is 10.3. The number of halogens is 1. The minimum Gasteiger partial charge on any atom is -0.463 e. The maximum Gasteiger partial charge on any atom is 0.261 e. The summed E-state index contributed by atoms with van der Waals surface area (Å²) in [6.07, 6.45) is -0.758. The van der Waals surface area contributed by atoms with Gasteiger partial charge in [0.05, 0.1) is 11.4 Å². The van der Waals surface area contributed by atoms with Gasteiger partial charge in [-0.15, -0.1) is 0 Å². The molecular formula is C24H27ClN4O2S. The number of nitrogens with zero attached hydrogens (tertiary/aromatic N) is 1. The molecule has 0 fully saturated rings. The van der Waals surface area contributed by atoms with E-state index >= 15 is 0 Å². The van der Waals surface area contributed by atoms with Crippen molar-refractivity contribution >= 4 is 35.8 Å². The van der Waals surface area contributed by atoms with Crippen LogP contribution in [0.5, 0.6) is 5.88 Å². The summed E-state index contributed by atoms with van der Waals surface area (Å²) in [4.78, 5) is 17.3. The Morgan fingerprint density at radius 3 is 2.66 bits per heavy atom. The Morgan fingerprint density at radius 1 is 1.16 bits per heavy atom. The molecule has 0 aliphatic rings. The molecule has 0 aliphatic heterocycles. The Bertz CT molecular complexity index is 1040. The van der Waals surface area contributed by atoms with Crippen LogP contribution in [0.2, 0.25) is 5.02 Å². The number of carbonyl (C=O) groups excluding carboxylic acids is 1. The van der Waals surface area contributed by atoms with Crippen LogP contribution in [-0.4, -0.2) is 35.3 Å². The number of ether oxygens (including phenoxy) is 1. The van der Waals surface area contributed by atoms with E-state index in [1.165, 1.54) is 0 Å². The van der Waals surface area contributed by atoms with Crippen LogP contribution in [0.4, 0.5) is 5.69 Å². The average Bonchev–Trinajstić information content (AvgIpc) is 2.82. The Morgan fingerprint density at radius 2 is 1.94 bits per heavy atom. The third-order valence-electron chi connectivity index (χ3n) is 4.73. The SMILES string of the molecule is CC(Oc1nc(-c2ccccc2)ccc1NCC(N)CS)C(=O)NCc1cccc(Cl)c1. The van der Waals surface area contributed by atoms with Crippen molar-refractivity contribution in [1.82, 2.24) is 10.3 Å². The van der Waals surface area contributed by atoms with Crippen LogP contribution in [0.25, 0.3) is 11.3 Å². The van der Waals surface area contributed by atoms with Crippen molar-refractivity contribution in [2.24, 2.45) is 5.73 Å². The fraction of sp³-hybridized carbons (Fsp3) is 0.250. The summed E-state index contributed by atoms with van der Waals surface area (Å²) in [5.41, 5.74) is 9.24. The lowest BCUT2D eigenvalue weighted by Crippen LogP contribution is -2.36. The Labute approximate surface area is 198 Å². The second kappa shape index (κ2) is 11.8. The summed E-state index contributed by atoms with van der Waals surface area (Å²) in [7, 11) is 0. The summed E-state index contributed by atoms with van der Waals surface area (Å²) >= 11 is 10.2. The Balaban J connectivity index is 1.74. The van der Waals surface area contributed by atoms with Crippen LogP contribution in [0, 0.1) is 0 Å². The molecule has 0 bridgehead atoms. The third-order valence-corrected chi connectivity index (χ3v) is 5.44. The van der Waals surface area contributed by atoms with Crippen molar-refractivity contribution < 1.29 is 9.53 Å². The number of benzene rings is 2. The summed E-state index contributed by atoms with van der Waals surface area (Å²) < 4.78 is 5.98. The van der Waals surface area contributed by atoms with E-state index in [-0.39, 0.29) is 11.9 Å². The van der Waals surface area contributed by atoms with Gasteiger partial charge in [0.1, 0.15) is 0 Å². The molecule has 0 aliphatic carbocycles. The molecule has 0 saturated heterocycles. The Kier molecular flexibility index (Phi) is 8.79. The van der Waals surface area contributed by atoms with Crippen LogP contribution < -0.4 is 21.1 Å². The number of aromatic nitrogens is 1. The van der Waals surface area contributed by atoms with Gasteiger partial charge in [0.2, 0.25) is 5.88 Å². The fourth-order valence-electron chi connectivity index (χ4n) is 2.94. The highest BCUT2D eigenvalue weighted by Gasteiger charge is 2.18. The maximum absolute atomic E-state index is 12.6. The molecule has 3 rings (SSSR count). The number of amides is 1.